The van der Waals surface area contributed by atoms with E-state index < -0.39 is 0 Å². The number of aryl methyl sites for hydroxylation is 2. The lowest BCUT2D eigenvalue weighted by Crippen LogP contribution is -1.94. The monoisotopic (exact) mass is 758 g/mol. The highest BCUT2D eigenvalue weighted by Crippen LogP contribution is 2.57. The number of nitrogens with zero attached hydrogens (tertiary/aromatic N) is 4. The molecule has 0 atom stereocenters. The minimum atomic E-state index is 0.126. The van der Waals surface area contributed by atoms with Crippen molar-refractivity contribution in [3.05, 3.63) is 50.2 Å². The van der Waals surface area contributed by atoms with Crippen molar-refractivity contribution in [2.45, 2.75) is 65.2 Å². The molecule has 2 aromatic heterocycles. The number of rotatable bonds is 10. The lowest BCUT2D eigenvalue weighted by molar-refractivity contribution is 0.710. The predicted octanol–water partition coefficient (Wildman–Crippen LogP) is 13.7. The van der Waals surface area contributed by atoms with Gasteiger partial charge in [0, 0.05) is 34.4 Å². The van der Waals surface area contributed by atoms with Crippen LogP contribution in [0.5, 0.6) is 0 Å². The summed E-state index contributed by atoms with van der Waals surface area (Å²) in [6, 6.07) is 0. The molecule has 14 heteroatoms. The minimum absolute atomic E-state index is 0.126. The average Bonchev–Trinajstić information content (AvgIpc) is 3.62. The number of hydrogen-bond donors (Lipinski definition) is 0. The van der Waals surface area contributed by atoms with Crippen molar-refractivity contribution in [3.63, 3.8) is 0 Å². The third-order valence-corrected chi connectivity index (χ3v) is 12.2. The second kappa shape index (κ2) is 13.9. The van der Waals surface area contributed by atoms with Crippen LogP contribution in [0, 0.1) is 0 Å². The molecule has 0 saturated carbocycles. The molecule has 0 N–H and O–H groups in total. The van der Waals surface area contributed by atoms with E-state index in [-0.39, 0.29) is 40.2 Å². The van der Waals surface area contributed by atoms with Gasteiger partial charge in [0.25, 0.3) is 0 Å². The summed E-state index contributed by atoms with van der Waals surface area (Å²) in [6.45, 7) is 4.30. The fourth-order valence-electron chi connectivity index (χ4n) is 4.76. The first kappa shape index (κ1) is 33.0. The van der Waals surface area contributed by atoms with E-state index in [2.05, 4.69) is 34.2 Å². The van der Waals surface area contributed by atoms with Gasteiger partial charge in [-0.1, -0.05) is 155 Å². The zero-order chi connectivity index (χ0) is 30.3. The van der Waals surface area contributed by atoms with Gasteiger partial charge >= 0.3 is 0 Å². The molecule has 0 amide bonds. The predicted molar refractivity (Wildman–Crippen MR) is 186 cm³/mol. The molecule has 3 aromatic carbocycles. The Kier molecular flexibility index (Phi) is 11.0. The van der Waals surface area contributed by atoms with Gasteiger partial charge in [-0.2, -0.15) is 0 Å². The second-order valence-electron chi connectivity index (χ2n) is 9.68. The van der Waals surface area contributed by atoms with Crippen LogP contribution in [0.25, 0.3) is 42.7 Å². The smallest absolute Gasteiger partial charge is 0.143 e. The molecule has 0 fully saturated rings. The summed E-state index contributed by atoms with van der Waals surface area (Å²) in [5.74, 6) is 0. The van der Waals surface area contributed by atoms with Gasteiger partial charge in [-0.3, -0.25) is 0 Å². The van der Waals surface area contributed by atoms with Gasteiger partial charge in [-0.15, -0.1) is 20.4 Å². The third-order valence-electron chi connectivity index (χ3n) is 6.87. The highest BCUT2D eigenvalue weighted by atomic mass is 35.5. The number of unbranched alkanes of at least 4 members (excludes halogenated alkanes) is 4. The van der Waals surface area contributed by atoms with Crippen LogP contribution in [-0.4, -0.2) is 20.4 Å². The van der Waals surface area contributed by atoms with Gasteiger partial charge in [-0.05, 0) is 12.8 Å². The molecule has 0 aliphatic rings. The molecule has 222 valence electrons. The standard InChI is InChI=1S/C28H22Cl8N4S2/c1-3-5-7-9-11-37-39-27(41-11)17-19(29)13-14-15(22(32)23(33)16(13)24(34)26(17)36)20(30)18(25(35)21(14)31)28-40-38-12(42-28)10-8-6-4-2/h3-10H2,1-2H3. The third kappa shape index (κ3) is 5.95. The van der Waals surface area contributed by atoms with Crippen molar-refractivity contribution < 1.29 is 0 Å². The van der Waals surface area contributed by atoms with E-state index in [1.165, 1.54) is 22.7 Å². The van der Waals surface area contributed by atoms with Crippen molar-refractivity contribution in [2.24, 2.45) is 0 Å². The molecule has 0 bridgehead atoms. The molecule has 0 saturated heterocycles. The van der Waals surface area contributed by atoms with Gasteiger partial charge in [0.2, 0.25) is 0 Å². The van der Waals surface area contributed by atoms with Gasteiger partial charge in [-0.25, -0.2) is 0 Å². The molecule has 5 rings (SSSR count). The number of benzene rings is 3. The Morgan fingerprint density at radius 3 is 1.24 bits per heavy atom. The maximum Gasteiger partial charge on any atom is 0.150 e. The molecule has 0 aliphatic heterocycles. The van der Waals surface area contributed by atoms with Gasteiger partial charge in [0.05, 0.1) is 51.3 Å². The van der Waals surface area contributed by atoms with Crippen molar-refractivity contribution in [1.82, 2.24) is 20.4 Å². The van der Waals surface area contributed by atoms with Crippen molar-refractivity contribution >= 4 is 137 Å². The number of fused-ring (bicyclic) bond motifs is 3. The van der Waals surface area contributed by atoms with Crippen molar-refractivity contribution in [2.75, 3.05) is 0 Å². The summed E-state index contributed by atoms with van der Waals surface area (Å²) >= 11 is 58.3. The quantitative estimate of drug-likeness (QED) is 0.0808. The lowest BCUT2D eigenvalue weighted by Gasteiger charge is -2.19. The van der Waals surface area contributed by atoms with Crippen molar-refractivity contribution in [1.29, 1.82) is 0 Å². The molecule has 4 nitrogen and oxygen atoms in total. The van der Waals surface area contributed by atoms with Gasteiger partial charge in [0.15, 0.2) is 10.0 Å². The summed E-state index contributed by atoms with van der Waals surface area (Å²) in [5.41, 5.74) is 0.840. The van der Waals surface area contributed by atoms with Crippen LogP contribution in [-0.2, 0) is 12.8 Å². The lowest BCUT2D eigenvalue weighted by atomic mass is 9.97. The van der Waals surface area contributed by atoms with Crippen molar-refractivity contribution in [3.8, 4) is 21.1 Å². The SMILES string of the molecule is CCCCCc1nnc(-c2c(Cl)c(Cl)c3c(c2Cl)c(Cl)c(Cl)c2c(Cl)c(Cl)c(-c4nnc(CCCCC)s4)c(Cl)c23)s1. The highest BCUT2D eigenvalue weighted by molar-refractivity contribution is 7.15. The van der Waals surface area contributed by atoms with E-state index in [0.717, 1.165) is 61.4 Å². The van der Waals surface area contributed by atoms with Crippen LogP contribution in [0.3, 0.4) is 0 Å². The molecular formula is C28H22Cl8N4S2. The van der Waals surface area contributed by atoms with E-state index in [1.54, 1.807) is 0 Å². The largest absolute Gasteiger partial charge is 0.150 e. The summed E-state index contributed by atoms with van der Waals surface area (Å²) < 4.78 is 0. The minimum Gasteiger partial charge on any atom is -0.143 e. The summed E-state index contributed by atoms with van der Waals surface area (Å²) in [5, 5.41) is 23.1. The summed E-state index contributed by atoms with van der Waals surface area (Å²) in [4.78, 5) is 0. The molecule has 0 aliphatic carbocycles. The first-order valence-corrected chi connectivity index (χ1v) is 17.9. The van der Waals surface area contributed by atoms with E-state index in [1.807, 2.05) is 0 Å². The maximum atomic E-state index is 7.12. The Labute approximate surface area is 291 Å². The number of halogens is 8. The average molecular weight is 762 g/mol. The van der Waals surface area contributed by atoms with Crippen LogP contribution >= 0.6 is 115 Å². The fourth-order valence-corrected chi connectivity index (χ4v) is 9.49. The zero-order valence-electron chi connectivity index (χ0n) is 22.3. The highest BCUT2D eigenvalue weighted by Gasteiger charge is 2.30. The van der Waals surface area contributed by atoms with Gasteiger partial charge < -0.3 is 0 Å². The van der Waals surface area contributed by atoms with Gasteiger partial charge in [0.1, 0.15) is 10.0 Å². The summed E-state index contributed by atoms with van der Waals surface area (Å²) in [6.07, 6.45) is 8.04. The Bertz CT molecular complexity index is 1820. The molecule has 42 heavy (non-hydrogen) atoms. The van der Waals surface area contributed by atoms with Crippen LogP contribution in [0.1, 0.15) is 62.4 Å². The van der Waals surface area contributed by atoms with Crippen LogP contribution in [0.2, 0.25) is 40.2 Å². The Balaban J connectivity index is 1.77. The topological polar surface area (TPSA) is 51.6 Å². The molecular weight excluding hydrogens is 740 g/mol. The first-order chi connectivity index (χ1) is 20.1. The first-order valence-electron chi connectivity index (χ1n) is 13.2. The number of aromatic nitrogens is 4. The molecule has 0 unspecified atom stereocenters. The van der Waals surface area contributed by atoms with Crippen LogP contribution in [0.4, 0.5) is 0 Å². The van der Waals surface area contributed by atoms with Crippen LogP contribution in [0.15, 0.2) is 0 Å². The normalized spacial score (nSPS) is 11.9. The maximum absolute atomic E-state index is 7.12. The number of hydrogen-bond acceptors (Lipinski definition) is 6. The Morgan fingerprint density at radius 1 is 0.429 bits per heavy atom. The van der Waals surface area contributed by atoms with E-state index in [0.29, 0.717) is 42.7 Å². The second-order valence-corrected chi connectivity index (χ2v) is 14.8. The van der Waals surface area contributed by atoms with E-state index in [9.17, 15) is 0 Å². The fraction of sp³-hybridized carbons (Fsp3) is 0.357. The molecule has 0 radical (unpaired) electrons. The molecule has 2 heterocycles. The Morgan fingerprint density at radius 2 is 0.786 bits per heavy atom. The molecule has 0 spiro atoms. The summed E-state index contributed by atoms with van der Waals surface area (Å²) in [7, 11) is 0. The van der Waals surface area contributed by atoms with E-state index >= 15 is 0 Å². The zero-order valence-corrected chi connectivity index (χ0v) is 30.0. The Hall–Kier alpha value is -0.380. The molecule has 5 aromatic rings. The van der Waals surface area contributed by atoms with Crippen LogP contribution < -0.4 is 0 Å². The van der Waals surface area contributed by atoms with E-state index in [4.69, 9.17) is 92.8 Å².